The molecule has 1 aliphatic rings. The van der Waals surface area contributed by atoms with E-state index in [2.05, 4.69) is 5.32 Å². The summed E-state index contributed by atoms with van der Waals surface area (Å²) >= 11 is 0. The van der Waals surface area contributed by atoms with Crippen molar-refractivity contribution in [3.05, 3.63) is 71.8 Å². The number of carbonyl (C=O) groups is 3. The van der Waals surface area contributed by atoms with Crippen molar-refractivity contribution in [1.82, 2.24) is 10.2 Å². The highest BCUT2D eigenvalue weighted by molar-refractivity contribution is 5.94. The maximum atomic E-state index is 13.2. The summed E-state index contributed by atoms with van der Waals surface area (Å²) in [6.07, 6.45) is 0.248. The summed E-state index contributed by atoms with van der Waals surface area (Å²) in [6.45, 7) is 2.08. The zero-order valence-electron chi connectivity index (χ0n) is 17.2. The highest BCUT2D eigenvalue weighted by atomic mass is 16.6. The fraction of sp³-hybridized carbons (Fsp3) is 0.348. The number of esters is 1. The van der Waals surface area contributed by atoms with Gasteiger partial charge in [-0.3, -0.25) is 9.69 Å². The largest absolute Gasteiger partial charge is 0.467 e. The van der Waals surface area contributed by atoms with E-state index in [1.165, 1.54) is 12.0 Å². The normalized spacial score (nSPS) is 18.7. The van der Waals surface area contributed by atoms with Crippen LogP contribution in [0.3, 0.4) is 0 Å². The molecule has 0 radical (unpaired) electrons. The minimum absolute atomic E-state index is 0.123. The average molecular weight is 410 g/mol. The number of nitrogens with one attached hydrogen (secondary N) is 1. The van der Waals surface area contributed by atoms with Gasteiger partial charge in [-0.1, -0.05) is 60.7 Å². The number of carbonyl (C=O) groups excluding carboxylic acids is 3. The van der Waals surface area contributed by atoms with Gasteiger partial charge in [0, 0.05) is 13.0 Å². The van der Waals surface area contributed by atoms with Crippen LogP contribution in [0.1, 0.15) is 24.5 Å². The molecule has 0 saturated carbocycles. The molecule has 1 heterocycles. The molecule has 3 rings (SSSR count). The van der Waals surface area contributed by atoms with Crippen molar-refractivity contribution in [3.63, 3.8) is 0 Å². The molecule has 7 nitrogen and oxygen atoms in total. The standard InChI is InChI=1S/C23H26N2O5/c1-17(20(26)29-2)24-21(27)23(15-18-9-5-3-6-10-18)13-14-25(23)22(28)30-16-19-11-7-4-8-12-19/h3-12,17H,13-16H2,1-2H3,(H,24,27)/t17-,23?/m1/s1. The number of hydrogen-bond donors (Lipinski definition) is 1. The smallest absolute Gasteiger partial charge is 0.411 e. The van der Waals surface area contributed by atoms with Crippen LogP contribution < -0.4 is 5.32 Å². The van der Waals surface area contributed by atoms with Crippen LogP contribution in [0.2, 0.25) is 0 Å². The highest BCUT2D eigenvalue weighted by Gasteiger charge is 2.54. The Labute approximate surface area is 176 Å². The number of likely N-dealkylation sites (tertiary alicyclic amines) is 1. The maximum absolute atomic E-state index is 13.2. The minimum Gasteiger partial charge on any atom is -0.467 e. The predicted octanol–water partition coefficient (Wildman–Crippen LogP) is 2.69. The Kier molecular flexibility index (Phi) is 6.72. The molecule has 1 N–H and O–H groups in total. The van der Waals surface area contributed by atoms with Gasteiger partial charge in [0.25, 0.3) is 0 Å². The molecular weight excluding hydrogens is 384 g/mol. The Morgan fingerprint density at radius 3 is 2.17 bits per heavy atom. The summed E-state index contributed by atoms with van der Waals surface area (Å²) in [7, 11) is 1.27. The van der Waals surface area contributed by atoms with Gasteiger partial charge in [0.15, 0.2) is 0 Å². The lowest BCUT2D eigenvalue weighted by molar-refractivity contribution is -0.149. The first-order valence-corrected chi connectivity index (χ1v) is 9.87. The molecule has 1 aliphatic heterocycles. The lowest BCUT2D eigenvalue weighted by Crippen LogP contribution is -2.71. The molecule has 1 unspecified atom stereocenters. The van der Waals surface area contributed by atoms with Crippen molar-refractivity contribution in [3.8, 4) is 0 Å². The first kappa shape index (κ1) is 21.4. The van der Waals surface area contributed by atoms with Crippen LogP contribution in [0.25, 0.3) is 0 Å². The molecule has 1 fully saturated rings. The number of hydrogen-bond acceptors (Lipinski definition) is 5. The zero-order chi connectivity index (χ0) is 21.6. The number of nitrogens with zero attached hydrogens (tertiary/aromatic N) is 1. The number of amides is 2. The molecule has 0 aromatic heterocycles. The second-order valence-corrected chi connectivity index (χ2v) is 7.35. The molecule has 7 heteroatoms. The summed E-state index contributed by atoms with van der Waals surface area (Å²) < 4.78 is 10.2. The van der Waals surface area contributed by atoms with Gasteiger partial charge in [0.05, 0.1) is 7.11 Å². The second kappa shape index (κ2) is 9.43. The SMILES string of the molecule is COC(=O)[C@@H](C)NC(=O)C1(Cc2ccccc2)CCN1C(=O)OCc1ccccc1. The van der Waals surface area contributed by atoms with Gasteiger partial charge in [-0.2, -0.15) is 0 Å². The Balaban J connectivity index is 1.77. The van der Waals surface area contributed by atoms with E-state index in [4.69, 9.17) is 9.47 Å². The van der Waals surface area contributed by atoms with Crippen molar-refractivity contribution in [2.75, 3.05) is 13.7 Å². The summed E-state index contributed by atoms with van der Waals surface area (Å²) in [6, 6.07) is 18.0. The van der Waals surface area contributed by atoms with Crippen molar-refractivity contribution in [2.24, 2.45) is 0 Å². The van der Waals surface area contributed by atoms with E-state index in [0.29, 0.717) is 19.4 Å². The van der Waals surface area contributed by atoms with Crippen LogP contribution in [0.15, 0.2) is 60.7 Å². The third kappa shape index (κ3) is 4.62. The molecule has 2 amide bonds. The van der Waals surface area contributed by atoms with E-state index in [9.17, 15) is 14.4 Å². The third-order valence-electron chi connectivity index (χ3n) is 5.36. The Hall–Kier alpha value is -3.35. The lowest BCUT2D eigenvalue weighted by atomic mass is 9.78. The molecule has 2 atom stereocenters. The third-order valence-corrected chi connectivity index (χ3v) is 5.36. The fourth-order valence-corrected chi connectivity index (χ4v) is 3.56. The van der Waals surface area contributed by atoms with E-state index >= 15 is 0 Å². The lowest BCUT2D eigenvalue weighted by Gasteiger charge is -2.50. The van der Waals surface area contributed by atoms with Crippen LogP contribution in [0.5, 0.6) is 0 Å². The van der Waals surface area contributed by atoms with Gasteiger partial charge >= 0.3 is 12.1 Å². The Morgan fingerprint density at radius 1 is 1.03 bits per heavy atom. The molecular formula is C23H26N2O5. The van der Waals surface area contributed by atoms with Crippen LogP contribution in [-0.2, 0) is 32.1 Å². The van der Waals surface area contributed by atoms with Gasteiger partial charge in [-0.25, -0.2) is 9.59 Å². The number of rotatable bonds is 7. The van der Waals surface area contributed by atoms with E-state index in [1.54, 1.807) is 6.92 Å². The van der Waals surface area contributed by atoms with E-state index < -0.39 is 29.6 Å². The molecule has 0 spiro atoms. The van der Waals surface area contributed by atoms with Gasteiger partial charge in [-0.05, 0) is 24.5 Å². The predicted molar refractivity (Wildman–Crippen MR) is 110 cm³/mol. The van der Waals surface area contributed by atoms with Gasteiger partial charge in [0.2, 0.25) is 5.91 Å². The molecule has 158 valence electrons. The van der Waals surface area contributed by atoms with Crippen LogP contribution in [0.4, 0.5) is 4.79 Å². The monoisotopic (exact) mass is 410 g/mol. The summed E-state index contributed by atoms with van der Waals surface area (Å²) in [5, 5.41) is 2.69. The summed E-state index contributed by atoms with van der Waals surface area (Å²) in [5.41, 5.74) is 0.667. The molecule has 0 bridgehead atoms. The zero-order valence-corrected chi connectivity index (χ0v) is 17.2. The minimum atomic E-state index is -1.11. The van der Waals surface area contributed by atoms with Gasteiger partial charge in [-0.15, -0.1) is 0 Å². The number of benzene rings is 2. The maximum Gasteiger partial charge on any atom is 0.411 e. The van der Waals surface area contributed by atoms with Crippen LogP contribution in [-0.4, -0.2) is 48.1 Å². The van der Waals surface area contributed by atoms with E-state index in [1.807, 2.05) is 60.7 Å². The van der Waals surface area contributed by atoms with Crippen molar-refractivity contribution in [1.29, 1.82) is 0 Å². The Bertz CT molecular complexity index is 887. The molecule has 0 aliphatic carbocycles. The van der Waals surface area contributed by atoms with Crippen LogP contribution >= 0.6 is 0 Å². The summed E-state index contributed by atoms with van der Waals surface area (Å²) in [5.74, 6) is -0.942. The molecule has 1 saturated heterocycles. The number of ether oxygens (including phenoxy) is 2. The van der Waals surface area contributed by atoms with Gasteiger partial charge in [0.1, 0.15) is 18.2 Å². The highest BCUT2D eigenvalue weighted by Crippen LogP contribution is 2.35. The van der Waals surface area contributed by atoms with Gasteiger partial charge < -0.3 is 14.8 Å². The number of methoxy groups -OCH3 is 1. The molecule has 2 aromatic carbocycles. The van der Waals surface area contributed by atoms with Crippen molar-refractivity contribution in [2.45, 2.75) is 38.0 Å². The van der Waals surface area contributed by atoms with Crippen LogP contribution in [0, 0.1) is 0 Å². The first-order chi connectivity index (χ1) is 14.5. The topological polar surface area (TPSA) is 84.9 Å². The van der Waals surface area contributed by atoms with Crippen molar-refractivity contribution < 1.29 is 23.9 Å². The first-order valence-electron chi connectivity index (χ1n) is 9.87. The van der Waals surface area contributed by atoms with E-state index in [-0.39, 0.29) is 6.61 Å². The molecule has 2 aromatic rings. The Morgan fingerprint density at radius 2 is 1.63 bits per heavy atom. The van der Waals surface area contributed by atoms with E-state index in [0.717, 1.165) is 11.1 Å². The van der Waals surface area contributed by atoms with Crippen molar-refractivity contribution >= 4 is 18.0 Å². The molecule has 30 heavy (non-hydrogen) atoms. The average Bonchev–Trinajstić information content (AvgIpc) is 2.75. The summed E-state index contributed by atoms with van der Waals surface area (Å²) in [4.78, 5) is 39.2. The quantitative estimate of drug-likeness (QED) is 0.710. The fourth-order valence-electron chi connectivity index (χ4n) is 3.56. The second-order valence-electron chi connectivity index (χ2n) is 7.35.